The molecule has 0 atom stereocenters. The average Bonchev–Trinajstić information content (AvgIpc) is 2.53. The molecule has 2 rings (SSSR count). The summed E-state index contributed by atoms with van der Waals surface area (Å²) in [5, 5.41) is 0. The fourth-order valence-corrected chi connectivity index (χ4v) is 1.80. The largest absolute Gasteiger partial charge is 0.497 e. The molecule has 0 radical (unpaired) electrons. The Bertz CT molecular complexity index is 640. The summed E-state index contributed by atoms with van der Waals surface area (Å²) in [6.45, 7) is 0.0169. The van der Waals surface area contributed by atoms with Gasteiger partial charge in [0.1, 0.15) is 29.7 Å². The van der Waals surface area contributed by atoms with Crippen LogP contribution in [-0.2, 0) is 6.61 Å². The van der Waals surface area contributed by atoms with Crippen LogP contribution in [0.2, 0.25) is 0 Å². The molecule has 21 heavy (non-hydrogen) atoms. The Labute approximate surface area is 122 Å². The molecule has 0 spiro atoms. The quantitative estimate of drug-likeness (QED) is 0.766. The van der Waals surface area contributed by atoms with E-state index in [1.807, 2.05) is 0 Å². The van der Waals surface area contributed by atoms with Crippen LogP contribution in [0.3, 0.4) is 0 Å². The van der Waals surface area contributed by atoms with Crippen molar-refractivity contribution in [2.24, 2.45) is 0 Å². The smallest absolute Gasteiger partial charge is 0.153 e. The second-order valence-electron chi connectivity index (χ2n) is 4.27. The summed E-state index contributed by atoms with van der Waals surface area (Å²) >= 11 is 0. The van der Waals surface area contributed by atoms with Crippen molar-refractivity contribution in [1.29, 1.82) is 0 Å². The Morgan fingerprint density at radius 1 is 1.05 bits per heavy atom. The zero-order valence-corrected chi connectivity index (χ0v) is 11.8. The highest BCUT2D eigenvalue weighted by Gasteiger charge is 2.08. The van der Waals surface area contributed by atoms with E-state index < -0.39 is 5.82 Å². The number of carbonyl (C=O) groups is 1. The summed E-state index contributed by atoms with van der Waals surface area (Å²) in [7, 11) is 2.98. The molecule has 110 valence electrons. The summed E-state index contributed by atoms with van der Waals surface area (Å²) in [4.78, 5) is 11.0. The first-order valence-electron chi connectivity index (χ1n) is 6.26. The molecule has 2 aromatic carbocycles. The van der Waals surface area contributed by atoms with Crippen molar-refractivity contribution in [3.05, 3.63) is 53.3 Å². The third-order valence-corrected chi connectivity index (χ3v) is 2.99. The summed E-state index contributed by atoms with van der Waals surface area (Å²) in [5.74, 6) is 0.950. The minimum absolute atomic E-state index is 0.0169. The number of rotatable bonds is 6. The molecule has 0 aromatic heterocycles. The summed E-state index contributed by atoms with van der Waals surface area (Å²) in [6, 6.07) is 9.37. The Morgan fingerprint density at radius 3 is 2.33 bits per heavy atom. The molecule has 0 aliphatic carbocycles. The van der Waals surface area contributed by atoms with Gasteiger partial charge in [-0.25, -0.2) is 4.39 Å². The number of hydrogen-bond donors (Lipinski definition) is 0. The molecule has 4 nitrogen and oxygen atoms in total. The summed E-state index contributed by atoms with van der Waals surface area (Å²) < 4.78 is 29.3. The number of ether oxygens (including phenoxy) is 3. The SMILES string of the molecule is COc1ccc(COc2ccc(OC)cc2C=O)c(F)c1. The van der Waals surface area contributed by atoms with E-state index in [1.54, 1.807) is 30.3 Å². The van der Waals surface area contributed by atoms with Gasteiger partial charge < -0.3 is 14.2 Å². The lowest BCUT2D eigenvalue weighted by Gasteiger charge is -2.11. The van der Waals surface area contributed by atoms with Crippen molar-refractivity contribution in [1.82, 2.24) is 0 Å². The van der Waals surface area contributed by atoms with Gasteiger partial charge in [0.25, 0.3) is 0 Å². The van der Waals surface area contributed by atoms with Crippen LogP contribution < -0.4 is 14.2 Å². The molecule has 0 unspecified atom stereocenters. The highest BCUT2D eigenvalue weighted by Crippen LogP contribution is 2.24. The second kappa shape index (κ2) is 6.74. The zero-order valence-electron chi connectivity index (χ0n) is 11.8. The highest BCUT2D eigenvalue weighted by atomic mass is 19.1. The standard InChI is InChI=1S/C16H15FO4/c1-19-13-5-6-16(12(7-13)9-18)21-10-11-3-4-14(20-2)8-15(11)17/h3-9H,10H2,1-2H3. The lowest BCUT2D eigenvalue weighted by molar-refractivity contribution is 0.111. The van der Waals surface area contributed by atoms with Crippen LogP contribution in [0.25, 0.3) is 0 Å². The van der Waals surface area contributed by atoms with E-state index in [0.717, 1.165) is 0 Å². The average molecular weight is 290 g/mol. The Hall–Kier alpha value is -2.56. The molecule has 5 heteroatoms. The normalized spacial score (nSPS) is 10.0. The molecular formula is C16H15FO4. The van der Waals surface area contributed by atoms with Crippen molar-refractivity contribution in [2.75, 3.05) is 14.2 Å². The van der Waals surface area contributed by atoms with Gasteiger partial charge in [-0.15, -0.1) is 0 Å². The van der Waals surface area contributed by atoms with E-state index in [-0.39, 0.29) is 6.61 Å². The van der Waals surface area contributed by atoms with Crippen LogP contribution in [0, 0.1) is 5.82 Å². The monoisotopic (exact) mass is 290 g/mol. The van der Waals surface area contributed by atoms with E-state index in [4.69, 9.17) is 14.2 Å². The number of benzene rings is 2. The van der Waals surface area contributed by atoms with Crippen LogP contribution in [0.4, 0.5) is 4.39 Å². The van der Waals surface area contributed by atoms with Gasteiger partial charge >= 0.3 is 0 Å². The Balaban J connectivity index is 2.14. The molecular weight excluding hydrogens is 275 g/mol. The first-order chi connectivity index (χ1) is 10.2. The van der Waals surface area contributed by atoms with Gasteiger partial charge in [0.15, 0.2) is 6.29 Å². The molecule has 0 saturated heterocycles. The van der Waals surface area contributed by atoms with Gasteiger partial charge in [-0.2, -0.15) is 0 Å². The van der Waals surface area contributed by atoms with E-state index in [0.29, 0.717) is 34.7 Å². The molecule has 0 aliphatic heterocycles. The summed E-state index contributed by atoms with van der Waals surface area (Å²) in [6.07, 6.45) is 0.669. The number of aldehydes is 1. The molecule has 2 aromatic rings. The fourth-order valence-electron chi connectivity index (χ4n) is 1.80. The Morgan fingerprint density at radius 2 is 1.71 bits per heavy atom. The first kappa shape index (κ1) is 14.8. The van der Waals surface area contributed by atoms with Crippen LogP contribution >= 0.6 is 0 Å². The van der Waals surface area contributed by atoms with Crippen molar-refractivity contribution in [3.63, 3.8) is 0 Å². The third-order valence-electron chi connectivity index (χ3n) is 2.99. The van der Waals surface area contributed by atoms with Crippen molar-refractivity contribution in [2.45, 2.75) is 6.61 Å². The lowest BCUT2D eigenvalue weighted by Crippen LogP contribution is -2.01. The predicted octanol–water partition coefficient (Wildman–Crippen LogP) is 3.23. The maximum Gasteiger partial charge on any atom is 0.153 e. The van der Waals surface area contributed by atoms with Crippen LogP contribution in [0.15, 0.2) is 36.4 Å². The van der Waals surface area contributed by atoms with Gasteiger partial charge in [0, 0.05) is 11.6 Å². The van der Waals surface area contributed by atoms with Gasteiger partial charge in [-0.05, 0) is 30.3 Å². The van der Waals surface area contributed by atoms with E-state index in [9.17, 15) is 9.18 Å². The summed E-state index contributed by atoms with van der Waals surface area (Å²) in [5.41, 5.74) is 0.728. The molecule has 0 amide bonds. The van der Waals surface area contributed by atoms with E-state index in [2.05, 4.69) is 0 Å². The first-order valence-corrected chi connectivity index (χ1v) is 6.26. The van der Waals surface area contributed by atoms with Gasteiger partial charge in [0.2, 0.25) is 0 Å². The van der Waals surface area contributed by atoms with Crippen molar-refractivity contribution in [3.8, 4) is 17.2 Å². The molecule has 0 aliphatic rings. The van der Waals surface area contributed by atoms with Crippen LogP contribution in [0.5, 0.6) is 17.2 Å². The zero-order chi connectivity index (χ0) is 15.2. The minimum Gasteiger partial charge on any atom is -0.497 e. The second-order valence-corrected chi connectivity index (χ2v) is 4.27. The minimum atomic E-state index is -0.421. The van der Waals surface area contributed by atoms with Crippen LogP contribution in [0.1, 0.15) is 15.9 Å². The Kier molecular flexibility index (Phi) is 4.77. The number of carbonyl (C=O) groups excluding carboxylic acids is 1. The van der Waals surface area contributed by atoms with Crippen molar-refractivity contribution >= 4 is 6.29 Å². The fraction of sp³-hybridized carbons (Fsp3) is 0.188. The number of halogens is 1. The molecule has 0 fully saturated rings. The van der Waals surface area contributed by atoms with E-state index in [1.165, 1.54) is 20.3 Å². The van der Waals surface area contributed by atoms with Crippen LogP contribution in [-0.4, -0.2) is 20.5 Å². The number of methoxy groups -OCH3 is 2. The molecule has 0 N–H and O–H groups in total. The molecule has 0 bridgehead atoms. The van der Waals surface area contributed by atoms with Gasteiger partial charge in [-0.1, -0.05) is 0 Å². The van der Waals surface area contributed by atoms with E-state index >= 15 is 0 Å². The third kappa shape index (κ3) is 3.51. The topological polar surface area (TPSA) is 44.8 Å². The van der Waals surface area contributed by atoms with Gasteiger partial charge in [-0.3, -0.25) is 4.79 Å². The molecule has 0 heterocycles. The highest BCUT2D eigenvalue weighted by molar-refractivity contribution is 5.80. The maximum absolute atomic E-state index is 13.8. The van der Waals surface area contributed by atoms with Crippen molar-refractivity contribution < 1.29 is 23.4 Å². The molecule has 0 saturated carbocycles. The lowest BCUT2D eigenvalue weighted by atomic mass is 10.2. The predicted molar refractivity (Wildman–Crippen MR) is 75.7 cm³/mol. The number of hydrogen-bond acceptors (Lipinski definition) is 4. The maximum atomic E-state index is 13.8. The van der Waals surface area contributed by atoms with Gasteiger partial charge in [0.05, 0.1) is 19.8 Å².